The molecule has 1 aromatic heterocycles. The van der Waals surface area contributed by atoms with E-state index in [9.17, 15) is 4.79 Å². The summed E-state index contributed by atoms with van der Waals surface area (Å²) in [5.74, 6) is 1.07. The third kappa shape index (κ3) is 7.64. The number of carbonyl (C=O) groups is 1. The van der Waals surface area contributed by atoms with Crippen molar-refractivity contribution in [2.75, 3.05) is 26.2 Å². The Morgan fingerprint density at radius 2 is 2.11 bits per heavy atom. The van der Waals surface area contributed by atoms with E-state index in [4.69, 9.17) is 4.42 Å². The van der Waals surface area contributed by atoms with Gasteiger partial charge in [-0.1, -0.05) is 0 Å². The lowest BCUT2D eigenvalue weighted by molar-refractivity contribution is -0.138. The molecule has 0 saturated carbocycles. The van der Waals surface area contributed by atoms with Crippen molar-refractivity contribution in [3.63, 3.8) is 0 Å². The van der Waals surface area contributed by atoms with Crippen molar-refractivity contribution in [1.82, 2.24) is 10.2 Å². The lowest BCUT2D eigenvalue weighted by atomic mass is 10.2. The molecule has 1 aliphatic heterocycles. The predicted molar refractivity (Wildman–Crippen MR) is 73.8 cm³/mol. The van der Waals surface area contributed by atoms with E-state index in [-0.39, 0.29) is 5.60 Å². The smallest absolute Gasteiger partial charge is 0.293 e. The Bertz CT molecular complexity index is 338. The minimum Gasteiger partial charge on any atom is -0.468 e. The quantitative estimate of drug-likeness (QED) is 0.845. The van der Waals surface area contributed by atoms with Crippen molar-refractivity contribution in [2.24, 2.45) is 0 Å². The molecule has 0 unspecified atom stereocenters. The van der Waals surface area contributed by atoms with Gasteiger partial charge in [-0.15, -0.1) is 0 Å². The zero-order valence-corrected chi connectivity index (χ0v) is 12.0. The van der Waals surface area contributed by atoms with Crippen molar-refractivity contribution < 1.29 is 13.9 Å². The molecular weight excluding hydrogens is 244 g/mol. The van der Waals surface area contributed by atoms with Gasteiger partial charge in [0.05, 0.1) is 12.8 Å². The maximum absolute atomic E-state index is 9.60. The molecule has 1 N–H and O–H groups in total. The fourth-order valence-electron chi connectivity index (χ4n) is 1.64. The van der Waals surface area contributed by atoms with Crippen molar-refractivity contribution >= 4 is 6.47 Å². The van der Waals surface area contributed by atoms with Gasteiger partial charge in [-0.2, -0.15) is 0 Å². The summed E-state index contributed by atoms with van der Waals surface area (Å²) in [5, 5.41) is 3.32. The van der Waals surface area contributed by atoms with Crippen LogP contribution in [0.25, 0.3) is 0 Å². The summed E-state index contributed by atoms with van der Waals surface area (Å²) in [7, 11) is 0. The molecule has 108 valence electrons. The van der Waals surface area contributed by atoms with E-state index in [0.29, 0.717) is 6.47 Å². The Balaban J connectivity index is 0.000000224. The van der Waals surface area contributed by atoms with Crippen LogP contribution in [-0.4, -0.2) is 43.2 Å². The van der Waals surface area contributed by atoms with E-state index in [1.807, 2.05) is 32.9 Å². The number of hydrogen-bond donors (Lipinski definition) is 1. The Morgan fingerprint density at radius 1 is 1.42 bits per heavy atom. The van der Waals surface area contributed by atoms with E-state index >= 15 is 0 Å². The number of hydrogen-bond acceptors (Lipinski definition) is 5. The average molecular weight is 268 g/mol. The van der Waals surface area contributed by atoms with Crippen LogP contribution in [0.5, 0.6) is 0 Å². The van der Waals surface area contributed by atoms with Crippen molar-refractivity contribution in [1.29, 1.82) is 0 Å². The van der Waals surface area contributed by atoms with Gasteiger partial charge in [0.2, 0.25) is 0 Å². The van der Waals surface area contributed by atoms with Crippen LogP contribution in [0.1, 0.15) is 26.5 Å². The number of nitrogens with one attached hydrogen (secondary N) is 1. The summed E-state index contributed by atoms with van der Waals surface area (Å²) < 4.78 is 9.82. The summed E-state index contributed by atoms with van der Waals surface area (Å²) in [4.78, 5) is 12.0. The molecule has 1 aromatic rings. The minimum absolute atomic E-state index is 0.318. The largest absolute Gasteiger partial charge is 0.468 e. The number of rotatable bonds is 3. The fourth-order valence-corrected chi connectivity index (χ4v) is 1.64. The zero-order chi connectivity index (χ0) is 14.1. The predicted octanol–water partition coefficient (Wildman–Crippen LogP) is 1.64. The Hall–Kier alpha value is -1.33. The third-order valence-electron chi connectivity index (χ3n) is 2.57. The number of carbonyl (C=O) groups excluding carboxylic acids is 1. The number of ether oxygens (including phenoxy) is 1. The highest BCUT2D eigenvalue weighted by Gasteiger charge is 2.10. The highest BCUT2D eigenvalue weighted by molar-refractivity contribution is 5.37. The number of nitrogens with zero attached hydrogens (tertiary/aromatic N) is 1. The zero-order valence-electron chi connectivity index (χ0n) is 12.0. The molecule has 19 heavy (non-hydrogen) atoms. The van der Waals surface area contributed by atoms with Crippen LogP contribution in [0.15, 0.2) is 22.8 Å². The van der Waals surface area contributed by atoms with E-state index in [1.165, 1.54) is 0 Å². The second-order valence-electron chi connectivity index (χ2n) is 5.43. The van der Waals surface area contributed by atoms with Gasteiger partial charge in [0.15, 0.2) is 0 Å². The molecular formula is C14H24N2O3. The first-order valence-corrected chi connectivity index (χ1v) is 6.58. The van der Waals surface area contributed by atoms with Crippen LogP contribution in [0.2, 0.25) is 0 Å². The van der Waals surface area contributed by atoms with Crippen LogP contribution in [-0.2, 0) is 16.1 Å². The van der Waals surface area contributed by atoms with Crippen molar-refractivity contribution in [2.45, 2.75) is 32.9 Å². The summed E-state index contributed by atoms with van der Waals surface area (Å²) >= 11 is 0. The minimum atomic E-state index is -0.318. The fraction of sp³-hybridized carbons (Fsp3) is 0.643. The maximum Gasteiger partial charge on any atom is 0.293 e. The molecule has 5 heteroatoms. The molecule has 0 atom stereocenters. The van der Waals surface area contributed by atoms with Gasteiger partial charge in [0.25, 0.3) is 6.47 Å². The van der Waals surface area contributed by atoms with Gasteiger partial charge in [-0.25, -0.2) is 0 Å². The molecule has 0 aliphatic carbocycles. The molecule has 1 fully saturated rings. The summed E-state index contributed by atoms with van der Waals surface area (Å²) in [6, 6.07) is 3.97. The van der Waals surface area contributed by atoms with E-state index in [1.54, 1.807) is 6.26 Å². The normalized spacial score (nSPS) is 16.4. The summed E-state index contributed by atoms with van der Waals surface area (Å²) in [5.41, 5.74) is -0.318. The first-order chi connectivity index (χ1) is 9.01. The molecule has 1 aliphatic rings. The molecule has 2 rings (SSSR count). The molecule has 1 saturated heterocycles. The molecule has 2 heterocycles. The summed E-state index contributed by atoms with van der Waals surface area (Å²) in [6.07, 6.45) is 1.73. The van der Waals surface area contributed by atoms with Crippen LogP contribution < -0.4 is 5.32 Å². The standard InChI is InChI=1S/C9H14N2O.C5H10O2/c1-2-9(12-7-1)8-11-5-3-10-4-6-11;1-5(2,3)7-4-6/h1-2,7,10H,3-6,8H2;4H,1-3H3. The van der Waals surface area contributed by atoms with Crippen molar-refractivity contribution in [3.8, 4) is 0 Å². The number of piperazine rings is 1. The van der Waals surface area contributed by atoms with Gasteiger partial charge < -0.3 is 14.5 Å². The molecule has 0 bridgehead atoms. The summed E-state index contributed by atoms with van der Waals surface area (Å²) in [6.45, 7) is 11.3. The second kappa shape index (κ2) is 7.96. The van der Waals surface area contributed by atoms with Crippen molar-refractivity contribution in [3.05, 3.63) is 24.2 Å². The Labute approximate surface area is 114 Å². The molecule has 0 amide bonds. The first-order valence-electron chi connectivity index (χ1n) is 6.58. The first kappa shape index (κ1) is 15.7. The maximum atomic E-state index is 9.60. The lowest BCUT2D eigenvalue weighted by Crippen LogP contribution is -2.42. The number of furan rings is 1. The van der Waals surface area contributed by atoms with Crippen LogP contribution in [0.3, 0.4) is 0 Å². The van der Waals surface area contributed by atoms with Gasteiger partial charge in [0, 0.05) is 26.2 Å². The van der Waals surface area contributed by atoms with Gasteiger partial charge in [-0.3, -0.25) is 9.69 Å². The Morgan fingerprint density at radius 3 is 2.53 bits per heavy atom. The molecule has 0 aromatic carbocycles. The SMILES string of the molecule is CC(C)(C)OC=O.c1coc(CN2CCNCC2)c1. The highest BCUT2D eigenvalue weighted by atomic mass is 16.5. The van der Waals surface area contributed by atoms with Gasteiger partial charge >= 0.3 is 0 Å². The third-order valence-corrected chi connectivity index (χ3v) is 2.57. The van der Waals surface area contributed by atoms with Gasteiger partial charge in [0.1, 0.15) is 11.4 Å². The topological polar surface area (TPSA) is 54.7 Å². The highest BCUT2D eigenvalue weighted by Crippen LogP contribution is 2.05. The molecule has 5 nitrogen and oxygen atoms in total. The lowest BCUT2D eigenvalue weighted by Gasteiger charge is -2.25. The van der Waals surface area contributed by atoms with Crippen LogP contribution >= 0.6 is 0 Å². The van der Waals surface area contributed by atoms with Gasteiger partial charge in [-0.05, 0) is 32.9 Å². The second-order valence-corrected chi connectivity index (χ2v) is 5.43. The van der Waals surface area contributed by atoms with E-state index in [2.05, 4.69) is 15.0 Å². The van der Waals surface area contributed by atoms with E-state index < -0.39 is 0 Å². The molecule has 0 spiro atoms. The monoisotopic (exact) mass is 268 g/mol. The average Bonchev–Trinajstić information content (AvgIpc) is 2.82. The van der Waals surface area contributed by atoms with Crippen LogP contribution in [0, 0.1) is 0 Å². The Kier molecular flexibility index (Phi) is 6.59. The molecule has 0 radical (unpaired) electrons. The van der Waals surface area contributed by atoms with E-state index in [0.717, 1.165) is 38.5 Å². The van der Waals surface area contributed by atoms with Crippen LogP contribution in [0.4, 0.5) is 0 Å².